The summed E-state index contributed by atoms with van der Waals surface area (Å²) in [4.78, 5) is 13.0. The van der Waals surface area contributed by atoms with E-state index in [1.807, 2.05) is 60.7 Å². The highest BCUT2D eigenvalue weighted by atomic mass is 16.5. The second-order valence-corrected chi connectivity index (χ2v) is 6.62. The fraction of sp³-hybridized carbons (Fsp3) is 0.125. The monoisotopic (exact) mass is 387 g/mol. The summed E-state index contributed by atoms with van der Waals surface area (Å²) in [7, 11) is 1.57. The van der Waals surface area contributed by atoms with Gasteiger partial charge in [-0.1, -0.05) is 42.5 Å². The number of hydrogen-bond acceptors (Lipinski definition) is 4. The van der Waals surface area contributed by atoms with Crippen molar-refractivity contribution in [2.24, 2.45) is 0 Å². The number of nitrogens with one attached hydrogen (secondary N) is 1. The Morgan fingerprint density at radius 2 is 1.76 bits per heavy atom. The van der Waals surface area contributed by atoms with Crippen LogP contribution in [-0.4, -0.2) is 13.0 Å². The minimum atomic E-state index is -0.258. The minimum absolute atomic E-state index is 0.258. The zero-order valence-corrected chi connectivity index (χ0v) is 16.3. The minimum Gasteiger partial charge on any atom is -0.495 e. The Kier molecular flexibility index (Phi) is 5.20. The number of para-hydroxylation sites is 2. The maximum absolute atomic E-state index is 13.0. The van der Waals surface area contributed by atoms with E-state index in [4.69, 9.17) is 13.9 Å². The number of rotatable bonds is 6. The average Bonchev–Trinajstić information content (AvgIpc) is 3.08. The van der Waals surface area contributed by atoms with Gasteiger partial charge in [-0.15, -0.1) is 0 Å². The zero-order valence-electron chi connectivity index (χ0n) is 16.3. The average molecular weight is 387 g/mol. The molecule has 1 amide bonds. The lowest BCUT2D eigenvalue weighted by atomic mass is 10.1. The Morgan fingerprint density at radius 3 is 2.55 bits per heavy atom. The van der Waals surface area contributed by atoms with Crippen LogP contribution in [0.15, 0.2) is 77.2 Å². The van der Waals surface area contributed by atoms with Gasteiger partial charge in [0.2, 0.25) is 0 Å². The standard InChI is InChI=1S/C24H21NO4/c1-16-23(24(26)25-20-10-6-7-11-22(20)27-2)19-14-18(12-13-21(19)29-16)28-15-17-8-4-3-5-9-17/h3-14H,15H2,1-2H3,(H,25,26). The van der Waals surface area contributed by atoms with E-state index in [1.54, 1.807) is 26.2 Å². The maximum Gasteiger partial charge on any atom is 0.259 e. The molecule has 0 aliphatic heterocycles. The molecule has 4 aromatic rings. The van der Waals surface area contributed by atoms with Gasteiger partial charge in [0.25, 0.3) is 5.91 Å². The molecule has 1 heterocycles. The molecule has 5 nitrogen and oxygen atoms in total. The van der Waals surface area contributed by atoms with Crippen LogP contribution in [0, 0.1) is 6.92 Å². The number of methoxy groups -OCH3 is 1. The number of fused-ring (bicyclic) bond motifs is 1. The van der Waals surface area contributed by atoms with E-state index in [-0.39, 0.29) is 5.91 Å². The molecule has 0 fully saturated rings. The van der Waals surface area contributed by atoms with Crippen LogP contribution < -0.4 is 14.8 Å². The van der Waals surface area contributed by atoms with E-state index in [9.17, 15) is 4.79 Å². The summed E-state index contributed by atoms with van der Waals surface area (Å²) in [5.41, 5.74) is 2.80. The van der Waals surface area contributed by atoms with Crippen LogP contribution in [0.5, 0.6) is 11.5 Å². The predicted octanol–water partition coefficient (Wildman–Crippen LogP) is 5.58. The number of benzene rings is 3. The smallest absolute Gasteiger partial charge is 0.259 e. The van der Waals surface area contributed by atoms with Gasteiger partial charge in [0.05, 0.1) is 18.4 Å². The lowest BCUT2D eigenvalue weighted by Gasteiger charge is -2.10. The van der Waals surface area contributed by atoms with Gasteiger partial charge in [-0.3, -0.25) is 4.79 Å². The maximum atomic E-state index is 13.0. The summed E-state index contributed by atoms with van der Waals surface area (Å²) in [6.07, 6.45) is 0. The van der Waals surface area contributed by atoms with E-state index in [0.717, 1.165) is 5.56 Å². The molecule has 146 valence electrons. The number of furan rings is 1. The summed E-state index contributed by atoms with van der Waals surface area (Å²) in [5.74, 6) is 1.56. The van der Waals surface area contributed by atoms with Crippen LogP contribution >= 0.6 is 0 Å². The molecule has 0 saturated heterocycles. The van der Waals surface area contributed by atoms with Gasteiger partial charge in [0.1, 0.15) is 29.4 Å². The number of carbonyl (C=O) groups excluding carboxylic acids is 1. The number of anilines is 1. The van der Waals surface area contributed by atoms with E-state index in [1.165, 1.54) is 0 Å². The molecular formula is C24H21NO4. The lowest BCUT2D eigenvalue weighted by molar-refractivity contribution is 0.102. The molecule has 3 aromatic carbocycles. The molecule has 4 rings (SSSR count). The van der Waals surface area contributed by atoms with Crippen LogP contribution in [0.25, 0.3) is 11.0 Å². The molecule has 0 unspecified atom stereocenters. The molecule has 0 aliphatic carbocycles. The molecule has 0 aliphatic rings. The SMILES string of the molecule is COc1ccccc1NC(=O)c1c(C)oc2ccc(OCc3ccccc3)cc12. The second kappa shape index (κ2) is 8.10. The van der Waals surface area contributed by atoms with Crippen LogP contribution in [0.4, 0.5) is 5.69 Å². The van der Waals surface area contributed by atoms with E-state index in [2.05, 4.69) is 5.32 Å². The van der Waals surface area contributed by atoms with E-state index in [0.29, 0.717) is 46.1 Å². The summed E-state index contributed by atoms with van der Waals surface area (Å²) in [6, 6.07) is 22.7. The first kappa shape index (κ1) is 18.6. The van der Waals surface area contributed by atoms with Crippen molar-refractivity contribution < 1.29 is 18.7 Å². The topological polar surface area (TPSA) is 60.7 Å². The van der Waals surface area contributed by atoms with Gasteiger partial charge in [0.15, 0.2) is 0 Å². The third kappa shape index (κ3) is 3.94. The highest BCUT2D eigenvalue weighted by Crippen LogP contribution is 2.31. The first-order chi connectivity index (χ1) is 14.2. The van der Waals surface area contributed by atoms with Crippen molar-refractivity contribution in [1.29, 1.82) is 0 Å². The van der Waals surface area contributed by atoms with Crippen LogP contribution in [0.3, 0.4) is 0 Å². The number of amides is 1. The van der Waals surface area contributed by atoms with Crippen LogP contribution in [-0.2, 0) is 6.61 Å². The number of ether oxygens (including phenoxy) is 2. The summed E-state index contributed by atoms with van der Waals surface area (Å²) < 4.78 is 17.0. The number of aryl methyl sites for hydroxylation is 1. The summed E-state index contributed by atoms with van der Waals surface area (Å²) in [5, 5.41) is 3.62. The Bertz CT molecular complexity index is 1150. The van der Waals surface area contributed by atoms with Crippen molar-refractivity contribution in [2.45, 2.75) is 13.5 Å². The van der Waals surface area contributed by atoms with E-state index >= 15 is 0 Å². The summed E-state index contributed by atoms with van der Waals surface area (Å²) in [6.45, 7) is 2.23. The lowest BCUT2D eigenvalue weighted by Crippen LogP contribution is -2.13. The van der Waals surface area contributed by atoms with Crippen LogP contribution in [0.1, 0.15) is 21.7 Å². The van der Waals surface area contributed by atoms with Crippen molar-refractivity contribution in [1.82, 2.24) is 0 Å². The molecule has 0 radical (unpaired) electrons. The van der Waals surface area contributed by atoms with Gasteiger partial charge < -0.3 is 19.2 Å². The molecule has 1 N–H and O–H groups in total. The fourth-order valence-electron chi connectivity index (χ4n) is 3.24. The molecule has 0 bridgehead atoms. The first-order valence-electron chi connectivity index (χ1n) is 9.30. The zero-order chi connectivity index (χ0) is 20.2. The normalized spacial score (nSPS) is 10.7. The highest BCUT2D eigenvalue weighted by molar-refractivity contribution is 6.13. The van der Waals surface area contributed by atoms with Crippen molar-refractivity contribution in [3.05, 3.63) is 89.7 Å². The Balaban J connectivity index is 1.61. The molecule has 29 heavy (non-hydrogen) atoms. The number of hydrogen-bond donors (Lipinski definition) is 1. The van der Waals surface area contributed by atoms with Gasteiger partial charge in [0, 0.05) is 5.39 Å². The van der Waals surface area contributed by atoms with Gasteiger partial charge in [-0.05, 0) is 42.8 Å². The van der Waals surface area contributed by atoms with Crippen molar-refractivity contribution in [2.75, 3.05) is 12.4 Å². The highest BCUT2D eigenvalue weighted by Gasteiger charge is 2.20. The quantitative estimate of drug-likeness (QED) is 0.469. The first-order valence-corrected chi connectivity index (χ1v) is 9.30. The van der Waals surface area contributed by atoms with Gasteiger partial charge in [-0.25, -0.2) is 0 Å². The molecule has 0 atom stereocenters. The van der Waals surface area contributed by atoms with Crippen molar-refractivity contribution in [3.8, 4) is 11.5 Å². The fourth-order valence-corrected chi connectivity index (χ4v) is 3.24. The third-order valence-corrected chi connectivity index (χ3v) is 4.67. The summed E-state index contributed by atoms with van der Waals surface area (Å²) >= 11 is 0. The van der Waals surface area contributed by atoms with Crippen molar-refractivity contribution in [3.63, 3.8) is 0 Å². The van der Waals surface area contributed by atoms with Gasteiger partial charge >= 0.3 is 0 Å². The molecule has 0 spiro atoms. The Hall–Kier alpha value is -3.73. The molecule has 0 saturated carbocycles. The largest absolute Gasteiger partial charge is 0.495 e. The Morgan fingerprint density at radius 1 is 1.00 bits per heavy atom. The molecule has 5 heteroatoms. The van der Waals surface area contributed by atoms with Crippen molar-refractivity contribution >= 4 is 22.6 Å². The number of carbonyl (C=O) groups is 1. The third-order valence-electron chi connectivity index (χ3n) is 4.67. The van der Waals surface area contributed by atoms with E-state index < -0.39 is 0 Å². The van der Waals surface area contributed by atoms with Gasteiger partial charge in [-0.2, -0.15) is 0 Å². The predicted molar refractivity (Wildman–Crippen MR) is 113 cm³/mol. The molecular weight excluding hydrogens is 366 g/mol. The molecule has 1 aromatic heterocycles. The second-order valence-electron chi connectivity index (χ2n) is 6.62. The van der Waals surface area contributed by atoms with Crippen LogP contribution in [0.2, 0.25) is 0 Å². The Labute approximate surface area is 168 Å².